The third-order valence-corrected chi connectivity index (χ3v) is 7.57. The third-order valence-electron chi connectivity index (χ3n) is 7.57. The average Bonchev–Trinajstić information content (AvgIpc) is 2.92. The van der Waals surface area contributed by atoms with Crippen molar-refractivity contribution in [3.63, 3.8) is 0 Å². The van der Waals surface area contributed by atoms with Gasteiger partial charge in [-0.1, -0.05) is 30.3 Å². The fraction of sp³-hybridized carbons (Fsp3) is 0.438. The lowest BCUT2D eigenvalue weighted by molar-refractivity contribution is 0.0112. The number of halogens is 1. The van der Waals surface area contributed by atoms with E-state index in [0.717, 1.165) is 21.9 Å². The molecule has 1 fully saturated rings. The van der Waals surface area contributed by atoms with Gasteiger partial charge in [0.2, 0.25) is 0 Å². The molecule has 2 N–H and O–H groups in total. The number of fused-ring (bicyclic) bond motifs is 1. The standard InChI is InChI=1S/C32H38FN3O4/c1-31(2,3)40-30(38)36-15-12-32(13-16-36,25-9-10-28(39-4)27(33)19-25)20-29(37)35-14-11-24-18-22(21-34)17-23-7-5-6-8-26(23)24/h5-10,17-19,29,35,37H,11-16,20H2,1-4H3. The van der Waals surface area contributed by atoms with Crippen LogP contribution in [0, 0.1) is 17.1 Å². The first kappa shape index (κ1) is 29.3. The lowest BCUT2D eigenvalue weighted by atomic mass is 9.70. The Balaban J connectivity index is 1.48. The minimum Gasteiger partial charge on any atom is -0.494 e. The summed E-state index contributed by atoms with van der Waals surface area (Å²) in [6, 6.07) is 18.9. The van der Waals surface area contributed by atoms with E-state index in [1.54, 1.807) is 11.0 Å². The predicted molar refractivity (Wildman–Crippen MR) is 153 cm³/mol. The molecule has 1 saturated heterocycles. The Morgan fingerprint density at radius 1 is 1.18 bits per heavy atom. The normalized spacial score (nSPS) is 15.9. The molecule has 1 aliphatic heterocycles. The lowest BCUT2D eigenvalue weighted by Gasteiger charge is -2.43. The molecule has 1 atom stereocenters. The fourth-order valence-corrected chi connectivity index (χ4v) is 5.53. The molecule has 3 aromatic rings. The van der Waals surface area contributed by atoms with E-state index in [2.05, 4.69) is 11.4 Å². The van der Waals surface area contributed by atoms with E-state index in [9.17, 15) is 19.6 Å². The van der Waals surface area contributed by atoms with Crippen molar-refractivity contribution in [1.29, 1.82) is 5.26 Å². The van der Waals surface area contributed by atoms with Crippen molar-refractivity contribution < 1.29 is 23.8 Å². The number of aliphatic hydroxyl groups is 1. The fourth-order valence-electron chi connectivity index (χ4n) is 5.53. The molecule has 1 heterocycles. The molecular weight excluding hydrogens is 509 g/mol. The third kappa shape index (κ3) is 6.90. The van der Waals surface area contributed by atoms with Crippen LogP contribution in [0.25, 0.3) is 10.8 Å². The van der Waals surface area contributed by atoms with Gasteiger partial charge in [0, 0.05) is 25.0 Å². The lowest BCUT2D eigenvalue weighted by Crippen LogP contribution is -2.49. The summed E-state index contributed by atoms with van der Waals surface area (Å²) < 4.78 is 25.4. The van der Waals surface area contributed by atoms with Crippen molar-refractivity contribution in [1.82, 2.24) is 10.2 Å². The van der Waals surface area contributed by atoms with E-state index >= 15 is 0 Å². The molecule has 0 aromatic heterocycles. The molecule has 1 unspecified atom stereocenters. The van der Waals surface area contributed by atoms with Crippen LogP contribution in [0.2, 0.25) is 0 Å². The first-order chi connectivity index (χ1) is 19.0. The summed E-state index contributed by atoms with van der Waals surface area (Å²) in [6.45, 7) is 6.86. The molecule has 0 radical (unpaired) electrons. The predicted octanol–water partition coefficient (Wildman–Crippen LogP) is 5.67. The van der Waals surface area contributed by atoms with Crippen LogP contribution in [0.15, 0.2) is 54.6 Å². The number of hydrogen-bond acceptors (Lipinski definition) is 6. The van der Waals surface area contributed by atoms with Crippen LogP contribution in [0.3, 0.4) is 0 Å². The van der Waals surface area contributed by atoms with Gasteiger partial charge in [0.15, 0.2) is 11.6 Å². The number of benzene rings is 3. The van der Waals surface area contributed by atoms with E-state index in [4.69, 9.17) is 9.47 Å². The number of carbonyl (C=O) groups excluding carboxylic acids is 1. The Kier molecular flexibility index (Phi) is 8.97. The maximum absolute atomic E-state index is 14.8. The van der Waals surface area contributed by atoms with Gasteiger partial charge in [-0.3, -0.25) is 5.32 Å². The highest BCUT2D eigenvalue weighted by molar-refractivity contribution is 5.87. The number of hydrogen-bond donors (Lipinski definition) is 2. The molecule has 7 nitrogen and oxygen atoms in total. The van der Waals surface area contributed by atoms with Crippen molar-refractivity contribution in [3.05, 3.63) is 77.1 Å². The summed E-state index contributed by atoms with van der Waals surface area (Å²) in [5, 5.41) is 25.9. The van der Waals surface area contributed by atoms with Gasteiger partial charge in [0.05, 0.1) is 18.7 Å². The Morgan fingerprint density at radius 3 is 2.55 bits per heavy atom. The Labute approximate surface area is 235 Å². The molecule has 0 bridgehead atoms. The zero-order valence-corrected chi connectivity index (χ0v) is 23.7. The number of piperidine rings is 1. The first-order valence-electron chi connectivity index (χ1n) is 13.7. The quantitative estimate of drug-likeness (QED) is 0.353. The number of ether oxygens (including phenoxy) is 2. The van der Waals surface area contributed by atoms with Gasteiger partial charge in [-0.25, -0.2) is 9.18 Å². The monoisotopic (exact) mass is 547 g/mol. The summed E-state index contributed by atoms with van der Waals surface area (Å²) in [5.74, 6) is -0.295. The van der Waals surface area contributed by atoms with Crippen molar-refractivity contribution in [3.8, 4) is 11.8 Å². The number of methoxy groups -OCH3 is 1. The second kappa shape index (κ2) is 12.2. The molecule has 3 aromatic carbocycles. The van der Waals surface area contributed by atoms with E-state index in [0.29, 0.717) is 50.9 Å². The molecule has 1 amide bonds. The summed E-state index contributed by atoms with van der Waals surface area (Å²) in [4.78, 5) is 14.4. The maximum Gasteiger partial charge on any atom is 0.410 e. The van der Waals surface area contributed by atoms with Crippen LogP contribution in [0.4, 0.5) is 9.18 Å². The highest BCUT2D eigenvalue weighted by Crippen LogP contribution is 2.41. The number of rotatable bonds is 8. The number of aliphatic hydroxyl groups excluding tert-OH is 1. The van der Waals surface area contributed by atoms with Crippen LogP contribution in [-0.2, 0) is 16.6 Å². The summed E-state index contributed by atoms with van der Waals surface area (Å²) in [6.07, 6.45) is 0.844. The van der Waals surface area contributed by atoms with Crippen LogP contribution in [-0.4, -0.2) is 54.7 Å². The van der Waals surface area contributed by atoms with E-state index in [1.165, 1.54) is 13.2 Å². The van der Waals surface area contributed by atoms with E-state index in [-0.39, 0.29) is 11.8 Å². The van der Waals surface area contributed by atoms with Gasteiger partial charge in [-0.05, 0) is 92.6 Å². The minimum atomic E-state index is -0.858. The number of amides is 1. The first-order valence-corrected chi connectivity index (χ1v) is 13.7. The maximum atomic E-state index is 14.8. The molecule has 0 aliphatic carbocycles. The van der Waals surface area contributed by atoms with Crippen molar-refractivity contribution in [2.24, 2.45) is 0 Å². The Bertz CT molecular complexity index is 1390. The molecule has 0 spiro atoms. The topological polar surface area (TPSA) is 94.8 Å². The van der Waals surface area contributed by atoms with Gasteiger partial charge in [-0.2, -0.15) is 5.26 Å². The van der Waals surface area contributed by atoms with E-state index < -0.39 is 23.1 Å². The van der Waals surface area contributed by atoms with Crippen LogP contribution >= 0.6 is 0 Å². The molecular formula is C32H38FN3O4. The summed E-state index contributed by atoms with van der Waals surface area (Å²) in [5.41, 5.74) is 1.26. The van der Waals surface area contributed by atoms with Crippen LogP contribution < -0.4 is 10.1 Å². The van der Waals surface area contributed by atoms with Gasteiger partial charge in [0.25, 0.3) is 0 Å². The van der Waals surface area contributed by atoms with Crippen molar-refractivity contribution >= 4 is 16.9 Å². The summed E-state index contributed by atoms with van der Waals surface area (Å²) >= 11 is 0. The number of carbonyl (C=O) groups is 1. The highest BCUT2D eigenvalue weighted by Gasteiger charge is 2.40. The molecule has 0 saturated carbocycles. The zero-order chi connectivity index (χ0) is 28.9. The number of nitriles is 1. The number of nitrogens with one attached hydrogen (secondary N) is 1. The minimum absolute atomic E-state index is 0.163. The molecule has 1 aliphatic rings. The largest absolute Gasteiger partial charge is 0.494 e. The molecule has 8 heteroatoms. The van der Waals surface area contributed by atoms with Gasteiger partial charge < -0.3 is 19.5 Å². The average molecular weight is 548 g/mol. The SMILES string of the molecule is COc1ccc(C2(CC(O)NCCc3cc(C#N)cc4ccccc34)CCN(C(=O)OC(C)(C)C)CC2)cc1F. The number of likely N-dealkylation sites (tertiary alicyclic amines) is 1. The second-order valence-corrected chi connectivity index (χ2v) is 11.5. The molecule has 40 heavy (non-hydrogen) atoms. The smallest absolute Gasteiger partial charge is 0.410 e. The van der Waals surface area contributed by atoms with Crippen LogP contribution in [0.5, 0.6) is 5.75 Å². The highest BCUT2D eigenvalue weighted by atomic mass is 19.1. The van der Waals surface area contributed by atoms with E-state index in [1.807, 2.05) is 63.2 Å². The van der Waals surface area contributed by atoms with Crippen molar-refractivity contribution in [2.45, 2.75) is 63.7 Å². The Morgan fingerprint density at radius 2 is 1.90 bits per heavy atom. The second-order valence-electron chi connectivity index (χ2n) is 11.5. The molecule has 4 rings (SSSR count). The molecule has 212 valence electrons. The van der Waals surface area contributed by atoms with Gasteiger partial charge in [0.1, 0.15) is 11.8 Å². The zero-order valence-electron chi connectivity index (χ0n) is 23.7. The van der Waals surface area contributed by atoms with Crippen molar-refractivity contribution in [2.75, 3.05) is 26.7 Å². The number of nitrogens with zero attached hydrogens (tertiary/aromatic N) is 2. The van der Waals surface area contributed by atoms with Crippen LogP contribution in [0.1, 0.15) is 56.7 Å². The summed E-state index contributed by atoms with van der Waals surface area (Å²) in [7, 11) is 1.43. The van der Waals surface area contributed by atoms with Gasteiger partial charge >= 0.3 is 6.09 Å². The Hall–Kier alpha value is -3.67. The van der Waals surface area contributed by atoms with Gasteiger partial charge in [-0.15, -0.1) is 0 Å².